The van der Waals surface area contributed by atoms with Gasteiger partial charge in [-0.3, -0.25) is 4.90 Å². The molecule has 18 heavy (non-hydrogen) atoms. The van der Waals surface area contributed by atoms with Crippen molar-refractivity contribution in [2.45, 2.75) is 44.3 Å². The first-order valence-corrected chi connectivity index (χ1v) is 7.19. The lowest BCUT2D eigenvalue weighted by molar-refractivity contribution is 0.170. The van der Waals surface area contributed by atoms with Crippen molar-refractivity contribution in [1.29, 1.82) is 0 Å². The Morgan fingerprint density at radius 2 is 1.78 bits per heavy atom. The van der Waals surface area contributed by atoms with E-state index < -0.39 is 0 Å². The van der Waals surface area contributed by atoms with Gasteiger partial charge in [-0.1, -0.05) is 23.7 Å². The van der Waals surface area contributed by atoms with Gasteiger partial charge in [-0.25, -0.2) is 0 Å². The lowest BCUT2D eigenvalue weighted by Gasteiger charge is -2.34. The molecule has 100 valence electrons. The van der Waals surface area contributed by atoms with Crippen LogP contribution in [0, 0.1) is 0 Å². The highest BCUT2D eigenvalue weighted by Gasteiger charge is 2.22. The van der Waals surface area contributed by atoms with Crippen molar-refractivity contribution in [2.75, 3.05) is 14.1 Å². The fourth-order valence-corrected chi connectivity index (χ4v) is 2.94. The zero-order chi connectivity index (χ0) is 13.0. The second-order valence-corrected chi connectivity index (χ2v) is 5.77. The summed E-state index contributed by atoms with van der Waals surface area (Å²) in [6.07, 6.45) is 5.20. The Morgan fingerprint density at radius 1 is 1.17 bits per heavy atom. The Balaban J connectivity index is 1.85. The number of hydrogen-bond donors (Lipinski definition) is 1. The third-order valence-corrected chi connectivity index (χ3v) is 4.33. The standard InChI is InChI=1S/C15H23ClN2/c1-17-14-7-9-15(10-8-14)18(2)11-12-3-5-13(16)6-4-12/h3-6,14-15,17H,7-11H2,1-2H3. The van der Waals surface area contributed by atoms with Gasteiger partial charge in [-0.05, 0) is 57.5 Å². The number of rotatable bonds is 4. The van der Waals surface area contributed by atoms with Crippen molar-refractivity contribution >= 4 is 11.6 Å². The molecule has 3 heteroatoms. The Hall–Kier alpha value is -0.570. The molecule has 2 nitrogen and oxygen atoms in total. The van der Waals surface area contributed by atoms with Crippen molar-refractivity contribution in [3.63, 3.8) is 0 Å². The topological polar surface area (TPSA) is 15.3 Å². The number of nitrogens with one attached hydrogen (secondary N) is 1. The third kappa shape index (κ3) is 3.71. The monoisotopic (exact) mass is 266 g/mol. The lowest BCUT2D eigenvalue weighted by Crippen LogP contribution is -2.39. The molecule has 0 aliphatic heterocycles. The minimum absolute atomic E-state index is 0.727. The van der Waals surface area contributed by atoms with Crippen molar-refractivity contribution in [3.8, 4) is 0 Å². The summed E-state index contributed by atoms with van der Waals surface area (Å²) in [6.45, 7) is 1.02. The number of halogens is 1. The maximum atomic E-state index is 5.91. The smallest absolute Gasteiger partial charge is 0.0406 e. The second kappa shape index (κ2) is 6.55. The molecule has 1 N–H and O–H groups in total. The maximum absolute atomic E-state index is 5.91. The highest BCUT2D eigenvalue weighted by molar-refractivity contribution is 6.30. The minimum Gasteiger partial charge on any atom is -0.317 e. The normalized spacial score (nSPS) is 24.4. The van der Waals surface area contributed by atoms with Gasteiger partial charge in [0, 0.05) is 23.7 Å². The molecule has 0 saturated heterocycles. The van der Waals surface area contributed by atoms with E-state index in [1.807, 2.05) is 12.1 Å². The van der Waals surface area contributed by atoms with Crippen molar-refractivity contribution in [1.82, 2.24) is 10.2 Å². The zero-order valence-corrected chi connectivity index (χ0v) is 12.1. The van der Waals surface area contributed by atoms with Crippen LogP contribution in [0.3, 0.4) is 0 Å². The van der Waals surface area contributed by atoms with Crippen LogP contribution in [0.5, 0.6) is 0 Å². The van der Waals surface area contributed by atoms with Crippen LogP contribution in [-0.2, 0) is 6.54 Å². The summed E-state index contributed by atoms with van der Waals surface area (Å²) in [5.74, 6) is 0. The highest BCUT2D eigenvalue weighted by Crippen LogP contribution is 2.23. The minimum atomic E-state index is 0.727. The fraction of sp³-hybridized carbons (Fsp3) is 0.600. The maximum Gasteiger partial charge on any atom is 0.0406 e. The molecule has 0 amide bonds. The summed E-state index contributed by atoms with van der Waals surface area (Å²) in [7, 11) is 4.31. The van der Waals surface area contributed by atoms with Crippen LogP contribution in [0.2, 0.25) is 5.02 Å². The van der Waals surface area contributed by atoms with E-state index in [1.165, 1.54) is 31.2 Å². The van der Waals surface area contributed by atoms with E-state index in [2.05, 4.69) is 36.4 Å². The van der Waals surface area contributed by atoms with E-state index in [0.29, 0.717) is 0 Å². The fourth-order valence-electron chi connectivity index (χ4n) is 2.81. The van der Waals surface area contributed by atoms with Gasteiger partial charge in [0.1, 0.15) is 0 Å². The third-order valence-electron chi connectivity index (χ3n) is 4.07. The summed E-state index contributed by atoms with van der Waals surface area (Å²) >= 11 is 5.91. The van der Waals surface area contributed by atoms with Gasteiger partial charge < -0.3 is 5.32 Å². The van der Waals surface area contributed by atoms with Gasteiger partial charge in [0.15, 0.2) is 0 Å². The molecule has 1 aromatic rings. The lowest BCUT2D eigenvalue weighted by atomic mass is 9.90. The summed E-state index contributed by atoms with van der Waals surface area (Å²) in [4.78, 5) is 2.48. The van der Waals surface area contributed by atoms with Gasteiger partial charge >= 0.3 is 0 Å². The molecule has 1 aliphatic rings. The van der Waals surface area contributed by atoms with Gasteiger partial charge in [-0.15, -0.1) is 0 Å². The molecule has 2 rings (SSSR count). The molecule has 0 unspecified atom stereocenters. The molecule has 0 spiro atoms. The quantitative estimate of drug-likeness (QED) is 0.900. The molecule has 0 aromatic heterocycles. The number of hydrogen-bond acceptors (Lipinski definition) is 2. The zero-order valence-electron chi connectivity index (χ0n) is 11.3. The molecule has 0 atom stereocenters. The number of benzene rings is 1. The SMILES string of the molecule is CNC1CCC(N(C)Cc2ccc(Cl)cc2)CC1. The Kier molecular flexibility index (Phi) is 5.04. The van der Waals surface area contributed by atoms with Gasteiger partial charge in [0.05, 0.1) is 0 Å². The summed E-state index contributed by atoms with van der Waals surface area (Å²) in [5, 5.41) is 4.20. The van der Waals surface area contributed by atoms with E-state index in [4.69, 9.17) is 11.6 Å². The van der Waals surface area contributed by atoms with Gasteiger partial charge in [0.2, 0.25) is 0 Å². The second-order valence-electron chi connectivity index (χ2n) is 5.34. The molecule has 0 radical (unpaired) electrons. The van der Waals surface area contributed by atoms with Crippen molar-refractivity contribution < 1.29 is 0 Å². The van der Waals surface area contributed by atoms with Gasteiger partial charge in [0.25, 0.3) is 0 Å². The first kappa shape index (κ1) is 13.9. The summed E-state index contributed by atoms with van der Waals surface area (Å²) < 4.78 is 0. The van der Waals surface area contributed by atoms with E-state index in [-0.39, 0.29) is 0 Å². The predicted molar refractivity (Wildman–Crippen MR) is 78.0 cm³/mol. The first-order valence-electron chi connectivity index (χ1n) is 6.81. The summed E-state index contributed by atoms with van der Waals surface area (Å²) in [5.41, 5.74) is 1.35. The van der Waals surface area contributed by atoms with Crippen molar-refractivity contribution in [3.05, 3.63) is 34.9 Å². The molecule has 1 fully saturated rings. The van der Waals surface area contributed by atoms with Crippen LogP contribution < -0.4 is 5.32 Å². The molecule has 1 saturated carbocycles. The average molecular weight is 267 g/mol. The Labute approximate surface area is 115 Å². The molecule has 1 aromatic carbocycles. The van der Waals surface area contributed by atoms with Crippen molar-refractivity contribution in [2.24, 2.45) is 0 Å². The van der Waals surface area contributed by atoms with Crippen LogP contribution in [0.25, 0.3) is 0 Å². The Morgan fingerprint density at radius 3 is 2.33 bits per heavy atom. The first-order chi connectivity index (χ1) is 8.69. The largest absolute Gasteiger partial charge is 0.317 e. The van der Waals surface area contributed by atoms with Crippen LogP contribution in [0.4, 0.5) is 0 Å². The predicted octanol–water partition coefficient (Wildman–Crippen LogP) is 3.30. The van der Waals surface area contributed by atoms with Crippen LogP contribution in [0.15, 0.2) is 24.3 Å². The molecular weight excluding hydrogens is 244 g/mol. The van der Waals surface area contributed by atoms with E-state index in [0.717, 1.165) is 23.7 Å². The molecule has 0 bridgehead atoms. The molecule has 0 heterocycles. The Bertz CT molecular complexity index is 355. The number of nitrogens with zero attached hydrogens (tertiary/aromatic N) is 1. The van der Waals surface area contributed by atoms with E-state index >= 15 is 0 Å². The summed E-state index contributed by atoms with van der Waals surface area (Å²) in [6, 6.07) is 9.65. The van der Waals surface area contributed by atoms with Crippen LogP contribution >= 0.6 is 11.6 Å². The molecular formula is C15H23ClN2. The molecule has 1 aliphatic carbocycles. The van der Waals surface area contributed by atoms with Crippen LogP contribution in [0.1, 0.15) is 31.2 Å². The van der Waals surface area contributed by atoms with Gasteiger partial charge in [-0.2, -0.15) is 0 Å². The average Bonchev–Trinajstić information content (AvgIpc) is 2.41. The van der Waals surface area contributed by atoms with E-state index in [9.17, 15) is 0 Å². The van der Waals surface area contributed by atoms with Crippen LogP contribution in [-0.4, -0.2) is 31.1 Å². The highest BCUT2D eigenvalue weighted by atomic mass is 35.5. The van der Waals surface area contributed by atoms with E-state index in [1.54, 1.807) is 0 Å².